The highest BCUT2D eigenvalue weighted by Crippen LogP contribution is 2.31. The predicted octanol–water partition coefficient (Wildman–Crippen LogP) is 5.66. The number of alkyl halides is 3. The number of amides is 1. The number of hydrogen-bond acceptors (Lipinski definition) is 6. The van der Waals surface area contributed by atoms with Crippen molar-refractivity contribution in [1.29, 1.82) is 0 Å². The second kappa shape index (κ2) is 10.2. The maximum Gasteiger partial charge on any atom is 0.422 e. The number of nitro groups is 1. The summed E-state index contributed by atoms with van der Waals surface area (Å²) in [4.78, 5) is 28.0. The molecule has 11 heteroatoms. The van der Waals surface area contributed by atoms with Crippen molar-refractivity contribution in [2.24, 2.45) is 0 Å². The standard InChI is InChI=1S/C23H21F3N4O4/c1-14-6-8-19(21(11-14)34-13-23(24,25)26)29-22(31)16-7-9-18(20(12-16)30(32)33)28-15(2)17-5-3-4-10-27-17/h3-12,15,28H,13H2,1-2H3,(H,29,31). The van der Waals surface area contributed by atoms with Crippen molar-refractivity contribution in [3.8, 4) is 5.75 Å². The van der Waals surface area contributed by atoms with E-state index in [2.05, 4.69) is 15.6 Å². The minimum absolute atomic E-state index is 0.00785. The molecule has 2 aromatic carbocycles. The lowest BCUT2D eigenvalue weighted by molar-refractivity contribution is -0.384. The topological polar surface area (TPSA) is 106 Å². The van der Waals surface area contributed by atoms with Gasteiger partial charge in [0.2, 0.25) is 0 Å². The number of nitrogens with zero attached hydrogens (tertiary/aromatic N) is 2. The normalized spacial score (nSPS) is 12.0. The second-order valence-electron chi connectivity index (χ2n) is 7.47. The number of carbonyl (C=O) groups is 1. The fourth-order valence-electron chi connectivity index (χ4n) is 3.09. The van der Waals surface area contributed by atoms with E-state index in [9.17, 15) is 28.1 Å². The van der Waals surface area contributed by atoms with E-state index in [0.29, 0.717) is 11.3 Å². The Labute approximate surface area is 192 Å². The molecule has 34 heavy (non-hydrogen) atoms. The number of carbonyl (C=O) groups excluding carboxylic acids is 1. The average molecular weight is 474 g/mol. The predicted molar refractivity (Wildman–Crippen MR) is 120 cm³/mol. The van der Waals surface area contributed by atoms with Gasteiger partial charge in [0, 0.05) is 17.8 Å². The van der Waals surface area contributed by atoms with Crippen molar-refractivity contribution in [3.63, 3.8) is 0 Å². The van der Waals surface area contributed by atoms with E-state index in [4.69, 9.17) is 4.74 Å². The van der Waals surface area contributed by atoms with E-state index in [-0.39, 0.29) is 34.4 Å². The number of nitrogens with one attached hydrogen (secondary N) is 2. The number of aryl methyl sites for hydroxylation is 1. The zero-order valence-electron chi connectivity index (χ0n) is 18.2. The van der Waals surface area contributed by atoms with Crippen molar-refractivity contribution >= 4 is 23.0 Å². The number of pyridine rings is 1. The van der Waals surface area contributed by atoms with Gasteiger partial charge >= 0.3 is 6.18 Å². The van der Waals surface area contributed by atoms with Crippen LogP contribution in [0.1, 0.15) is 34.6 Å². The summed E-state index contributed by atoms with van der Waals surface area (Å²) in [7, 11) is 0. The van der Waals surface area contributed by atoms with Gasteiger partial charge in [0.25, 0.3) is 11.6 Å². The Morgan fingerprint density at radius 1 is 1.15 bits per heavy atom. The molecule has 0 radical (unpaired) electrons. The molecule has 0 aliphatic rings. The van der Waals surface area contributed by atoms with Gasteiger partial charge in [-0.15, -0.1) is 0 Å². The first kappa shape index (κ1) is 24.5. The van der Waals surface area contributed by atoms with E-state index in [1.165, 1.54) is 24.3 Å². The molecule has 1 aromatic heterocycles. The monoisotopic (exact) mass is 474 g/mol. The molecule has 0 saturated carbocycles. The van der Waals surface area contributed by atoms with Crippen molar-refractivity contribution in [1.82, 2.24) is 4.98 Å². The Morgan fingerprint density at radius 2 is 1.88 bits per heavy atom. The molecule has 0 saturated heterocycles. The Balaban J connectivity index is 1.82. The third kappa shape index (κ3) is 6.44. The number of nitro benzene ring substituents is 1. The van der Waals surface area contributed by atoms with E-state index < -0.39 is 23.6 Å². The number of hydrogen-bond donors (Lipinski definition) is 2. The molecule has 3 rings (SSSR count). The summed E-state index contributed by atoms with van der Waals surface area (Å²) >= 11 is 0. The highest BCUT2D eigenvalue weighted by Gasteiger charge is 2.29. The number of benzene rings is 2. The summed E-state index contributed by atoms with van der Waals surface area (Å²) in [6, 6.07) is 13.2. The van der Waals surface area contributed by atoms with Crippen molar-refractivity contribution in [2.45, 2.75) is 26.1 Å². The first-order valence-corrected chi connectivity index (χ1v) is 10.1. The van der Waals surface area contributed by atoms with Crippen molar-refractivity contribution in [3.05, 3.63) is 87.7 Å². The number of aromatic nitrogens is 1. The smallest absolute Gasteiger partial charge is 0.422 e. The maximum atomic E-state index is 12.7. The molecule has 8 nitrogen and oxygen atoms in total. The van der Waals surface area contributed by atoms with Gasteiger partial charge in [-0.05, 0) is 55.8 Å². The van der Waals surface area contributed by atoms with Gasteiger partial charge in [0.1, 0.15) is 11.4 Å². The van der Waals surface area contributed by atoms with E-state index in [0.717, 1.165) is 6.07 Å². The van der Waals surface area contributed by atoms with E-state index in [1.807, 2.05) is 0 Å². The second-order valence-corrected chi connectivity index (χ2v) is 7.47. The summed E-state index contributed by atoms with van der Waals surface area (Å²) in [5.74, 6) is -0.907. The van der Waals surface area contributed by atoms with Gasteiger partial charge in [-0.3, -0.25) is 19.9 Å². The summed E-state index contributed by atoms with van der Waals surface area (Å²) in [5.41, 5.74) is 1.10. The summed E-state index contributed by atoms with van der Waals surface area (Å²) in [5, 5.41) is 17.1. The number of ether oxygens (including phenoxy) is 1. The number of rotatable bonds is 8. The van der Waals surface area contributed by atoms with Crippen LogP contribution in [0.3, 0.4) is 0 Å². The number of halogens is 3. The molecule has 178 valence electrons. The van der Waals surface area contributed by atoms with Crippen LogP contribution in [0.4, 0.5) is 30.2 Å². The van der Waals surface area contributed by atoms with Crippen molar-refractivity contribution in [2.75, 3.05) is 17.2 Å². The van der Waals surface area contributed by atoms with Gasteiger partial charge < -0.3 is 15.4 Å². The van der Waals surface area contributed by atoms with Crippen molar-refractivity contribution < 1.29 is 27.6 Å². The highest BCUT2D eigenvalue weighted by molar-refractivity contribution is 6.05. The lowest BCUT2D eigenvalue weighted by Gasteiger charge is -2.16. The quantitative estimate of drug-likeness (QED) is 0.322. The van der Waals surface area contributed by atoms with Crippen LogP contribution < -0.4 is 15.4 Å². The summed E-state index contributed by atoms with van der Waals surface area (Å²) < 4.78 is 42.5. The Bertz CT molecular complexity index is 1190. The first-order valence-electron chi connectivity index (χ1n) is 10.1. The van der Waals surface area contributed by atoms with Gasteiger partial charge in [-0.2, -0.15) is 13.2 Å². The lowest BCUT2D eigenvalue weighted by Crippen LogP contribution is -2.20. The third-order valence-corrected chi connectivity index (χ3v) is 4.74. The molecule has 1 atom stereocenters. The van der Waals surface area contributed by atoms with E-state index >= 15 is 0 Å². The highest BCUT2D eigenvalue weighted by atomic mass is 19.4. The minimum Gasteiger partial charge on any atom is -0.482 e. The number of anilines is 2. The molecule has 0 bridgehead atoms. The molecular formula is C23H21F3N4O4. The van der Waals surface area contributed by atoms with Crippen LogP contribution in [0.25, 0.3) is 0 Å². The first-order chi connectivity index (χ1) is 16.0. The third-order valence-electron chi connectivity index (χ3n) is 4.74. The lowest BCUT2D eigenvalue weighted by atomic mass is 10.1. The Hall–Kier alpha value is -4.15. The summed E-state index contributed by atoms with van der Waals surface area (Å²) in [6.45, 7) is 1.92. The molecule has 1 unspecified atom stereocenters. The fourth-order valence-corrected chi connectivity index (χ4v) is 3.09. The molecule has 0 spiro atoms. The summed E-state index contributed by atoms with van der Waals surface area (Å²) in [6.07, 6.45) is -2.95. The van der Waals surface area contributed by atoms with Crippen LogP contribution in [0.2, 0.25) is 0 Å². The largest absolute Gasteiger partial charge is 0.482 e. The molecule has 2 N–H and O–H groups in total. The van der Waals surface area contributed by atoms with Crippen LogP contribution in [-0.2, 0) is 0 Å². The Morgan fingerprint density at radius 3 is 2.53 bits per heavy atom. The van der Waals surface area contributed by atoms with Gasteiger partial charge in [-0.25, -0.2) is 0 Å². The molecule has 1 heterocycles. The van der Waals surface area contributed by atoms with Gasteiger partial charge in [-0.1, -0.05) is 12.1 Å². The molecule has 0 fully saturated rings. The van der Waals surface area contributed by atoms with Crippen LogP contribution in [0.5, 0.6) is 5.75 Å². The van der Waals surface area contributed by atoms with Crippen LogP contribution in [0, 0.1) is 17.0 Å². The van der Waals surface area contributed by atoms with E-state index in [1.54, 1.807) is 44.3 Å². The zero-order chi connectivity index (χ0) is 24.9. The SMILES string of the molecule is Cc1ccc(NC(=O)c2ccc(NC(C)c3ccccn3)c([N+](=O)[O-])c2)c(OCC(F)(F)F)c1. The molecule has 0 aliphatic carbocycles. The molecule has 1 amide bonds. The van der Waals surface area contributed by atoms with Crippen LogP contribution in [0.15, 0.2) is 60.8 Å². The van der Waals surface area contributed by atoms with Crippen LogP contribution >= 0.6 is 0 Å². The maximum absolute atomic E-state index is 12.7. The molecular weight excluding hydrogens is 453 g/mol. The Kier molecular flexibility index (Phi) is 7.34. The average Bonchev–Trinajstić information content (AvgIpc) is 2.79. The van der Waals surface area contributed by atoms with Gasteiger partial charge in [0.05, 0.1) is 22.3 Å². The zero-order valence-corrected chi connectivity index (χ0v) is 18.2. The molecule has 3 aromatic rings. The molecule has 0 aliphatic heterocycles. The van der Waals surface area contributed by atoms with Crippen LogP contribution in [-0.4, -0.2) is 28.6 Å². The minimum atomic E-state index is -4.55. The fraction of sp³-hybridized carbons (Fsp3) is 0.217. The van der Waals surface area contributed by atoms with Gasteiger partial charge in [0.15, 0.2) is 6.61 Å².